The van der Waals surface area contributed by atoms with Gasteiger partial charge in [0, 0.05) is 92.3 Å². The first-order valence-corrected chi connectivity index (χ1v) is 35.0. The van der Waals surface area contributed by atoms with Gasteiger partial charge in [-0.05, 0) is 158 Å². The van der Waals surface area contributed by atoms with Crippen molar-refractivity contribution in [1.82, 2.24) is 4.98 Å². The lowest BCUT2D eigenvalue weighted by Crippen LogP contribution is -2.21. The molecule has 1 aliphatic heterocycles. The van der Waals surface area contributed by atoms with Gasteiger partial charge in [-0.25, -0.2) is 0 Å². The molecule has 0 amide bonds. The molecule has 442 valence electrons. The lowest BCUT2D eigenvalue weighted by atomic mass is 9.97. The van der Waals surface area contributed by atoms with Gasteiger partial charge < -0.3 is 14.7 Å². The molecule has 94 heavy (non-hydrogen) atoms. The van der Waals surface area contributed by atoms with Gasteiger partial charge in [0.05, 0.1) is 41.6 Å². The van der Waals surface area contributed by atoms with Gasteiger partial charge in [0.15, 0.2) is 0 Å². The minimum Gasteiger partial charge on any atom is -0.335 e. The number of thiophene rings is 4. The van der Waals surface area contributed by atoms with Crippen molar-refractivity contribution in [3.8, 4) is 33.4 Å². The average Bonchev–Trinajstić information content (AvgIpc) is 1.53. The predicted molar refractivity (Wildman–Crippen MR) is 408 cm³/mol. The Morgan fingerprint density at radius 1 is 0.319 bits per heavy atom. The van der Waals surface area contributed by atoms with E-state index in [0.717, 1.165) is 40.5 Å². The van der Waals surface area contributed by atoms with Crippen molar-refractivity contribution in [1.29, 1.82) is 0 Å². The number of aromatic nitrogens is 1. The van der Waals surface area contributed by atoms with Gasteiger partial charge >= 0.3 is 0 Å². The molecule has 8 heteroatoms. The number of rotatable bonds is 11. The van der Waals surface area contributed by atoms with Gasteiger partial charge in [0.25, 0.3) is 0 Å². The second kappa shape index (κ2) is 22.4. The lowest BCUT2D eigenvalue weighted by Gasteiger charge is -2.30. The molecule has 1 aliphatic rings. The van der Waals surface area contributed by atoms with Crippen molar-refractivity contribution in [2.75, 3.05) is 21.2 Å². The van der Waals surface area contributed by atoms with E-state index in [4.69, 9.17) is 4.98 Å². The Morgan fingerprint density at radius 2 is 0.862 bits per heavy atom. The monoisotopic (exact) mass is 1270 g/mol. The van der Waals surface area contributed by atoms with Crippen molar-refractivity contribution in [2.24, 2.45) is 0 Å². The number of nitrogens with zero attached hydrogens (tertiary/aromatic N) is 4. The molecule has 0 spiro atoms. The third-order valence-corrected chi connectivity index (χ3v) is 23.6. The highest BCUT2D eigenvalue weighted by Gasteiger charge is 2.29. The van der Waals surface area contributed by atoms with Crippen LogP contribution in [-0.4, -0.2) is 11.5 Å². The van der Waals surface area contributed by atoms with E-state index in [1.807, 2.05) is 57.6 Å². The Hall–Kier alpha value is -11.0. The van der Waals surface area contributed by atoms with Crippen molar-refractivity contribution in [2.45, 2.75) is 0 Å². The maximum absolute atomic E-state index is 4.78. The molecule has 4 nitrogen and oxygen atoms in total. The highest BCUT2D eigenvalue weighted by Crippen LogP contribution is 2.53. The molecular formula is C86H54N4S4. The molecule has 6 heterocycles. The van der Waals surface area contributed by atoms with Gasteiger partial charge in [-0.3, -0.25) is 4.98 Å². The van der Waals surface area contributed by atoms with Crippen LogP contribution in [0.3, 0.4) is 0 Å². The molecule has 0 fully saturated rings. The van der Waals surface area contributed by atoms with Gasteiger partial charge in [0.1, 0.15) is 0 Å². The SMILES string of the molecule is C1=C(c2ccc(N(c3ccc(-c4ccccc4)cc3)c3cccc4c3sc3ccccc34)cc2)c2sc3ccccc3c2N(c2cccc3c2sc2cc(N(c4ccc(-c5ccc6ccccc6c5)cc4)c4ccc(-c5cccc6c5sc5cccnc56)cc4)ccc23)C1. The highest BCUT2D eigenvalue weighted by molar-refractivity contribution is 7.27. The highest BCUT2D eigenvalue weighted by atomic mass is 32.1. The number of benzene rings is 13. The summed E-state index contributed by atoms with van der Waals surface area (Å²) in [5, 5.41) is 10.1. The minimum atomic E-state index is 0.727. The van der Waals surface area contributed by atoms with Crippen molar-refractivity contribution in [3.05, 3.63) is 326 Å². The van der Waals surface area contributed by atoms with E-state index in [2.05, 4.69) is 318 Å². The van der Waals surface area contributed by atoms with E-state index in [1.54, 1.807) is 0 Å². The fourth-order valence-electron chi connectivity index (χ4n) is 14.3. The summed E-state index contributed by atoms with van der Waals surface area (Å²) in [6, 6.07) is 112. The molecule has 0 N–H and O–H groups in total. The molecule has 0 bridgehead atoms. The van der Waals surface area contributed by atoms with E-state index < -0.39 is 0 Å². The number of pyridine rings is 1. The molecule has 19 rings (SSSR count). The van der Waals surface area contributed by atoms with Crippen LogP contribution in [-0.2, 0) is 0 Å². The fraction of sp³-hybridized carbons (Fsp3) is 0.0116. The van der Waals surface area contributed by atoms with Crippen molar-refractivity contribution < 1.29 is 0 Å². The number of hydrogen-bond donors (Lipinski definition) is 0. The first-order valence-electron chi connectivity index (χ1n) is 31.8. The maximum atomic E-state index is 4.78. The van der Waals surface area contributed by atoms with E-state index >= 15 is 0 Å². The molecule has 0 saturated heterocycles. The first-order chi connectivity index (χ1) is 46.6. The van der Waals surface area contributed by atoms with Crippen LogP contribution in [0.15, 0.2) is 316 Å². The van der Waals surface area contributed by atoms with E-state index in [0.29, 0.717) is 0 Å². The molecule has 0 unspecified atom stereocenters. The molecule has 0 atom stereocenters. The Labute approximate surface area is 559 Å². The van der Waals surface area contributed by atoms with Crippen LogP contribution < -0.4 is 14.7 Å². The van der Waals surface area contributed by atoms with Crippen LogP contribution >= 0.6 is 45.3 Å². The van der Waals surface area contributed by atoms with Gasteiger partial charge in [0.2, 0.25) is 0 Å². The summed E-state index contributed by atoms with van der Waals surface area (Å²) in [5.41, 5.74) is 19.9. The third kappa shape index (κ3) is 9.16. The summed E-state index contributed by atoms with van der Waals surface area (Å²) < 4.78 is 8.84. The van der Waals surface area contributed by atoms with Gasteiger partial charge in [-0.15, -0.1) is 45.3 Å². The van der Waals surface area contributed by atoms with Crippen LogP contribution in [0.2, 0.25) is 0 Å². The van der Waals surface area contributed by atoms with Crippen LogP contribution in [0.25, 0.3) is 120 Å². The fourth-order valence-corrected chi connectivity index (χ4v) is 19.2. The Bertz CT molecular complexity index is 6020. The number of fused-ring (bicyclic) bond motifs is 13. The summed E-state index contributed by atoms with van der Waals surface area (Å²) >= 11 is 7.48. The van der Waals surface area contributed by atoms with E-state index in [-0.39, 0.29) is 0 Å². The summed E-state index contributed by atoms with van der Waals surface area (Å²) in [6.45, 7) is 0.727. The second-order valence-corrected chi connectivity index (χ2v) is 28.3. The molecule has 0 saturated carbocycles. The largest absolute Gasteiger partial charge is 0.335 e. The summed E-state index contributed by atoms with van der Waals surface area (Å²) in [4.78, 5) is 13.5. The summed E-state index contributed by atoms with van der Waals surface area (Å²) in [6.07, 6.45) is 4.36. The Morgan fingerprint density at radius 3 is 1.64 bits per heavy atom. The van der Waals surface area contributed by atoms with Crippen LogP contribution in [0.1, 0.15) is 10.4 Å². The maximum Gasteiger partial charge on any atom is 0.0888 e. The van der Waals surface area contributed by atoms with E-state index in [9.17, 15) is 0 Å². The Balaban J connectivity index is 0.689. The zero-order valence-corrected chi connectivity index (χ0v) is 53.9. The summed E-state index contributed by atoms with van der Waals surface area (Å²) in [5.74, 6) is 0. The number of anilines is 8. The van der Waals surface area contributed by atoms with E-state index in [1.165, 1.54) is 142 Å². The van der Waals surface area contributed by atoms with Crippen molar-refractivity contribution in [3.63, 3.8) is 0 Å². The number of hydrogen-bond acceptors (Lipinski definition) is 8. The standard InChI is InChI=1S/C86H54N4S4/c1-2-14-54(15-3-1)56-31-41-64(42-32-56)90(76-25-12-22-71-69-18-6-8-26-77(69)91-85(71)76)65-45-37-59(38-46-65)68-49-51-88(82-73-19-7-9-27-78(73)92-86(68)82)75-24-11-21-72-70-48-47-66(53-80(70)94-84(72)75)89(62-39-33-57(34-40-62)61-30-29-55-16-4-5-17-60(55)52-61)63-43-35-58(36-44-63)67-20-10-23-74-81-79(93-83(67)74)28-13-50-87-81/h1-50,52-53H,51H2. The Kier molecular flexibility index (Phi) is 13.0. The van der Waals surface area contributed by atoms with Crippen LogP contribution in [0, 0.1) is 0 Å². The van der Waals surface area contributed by atoms with Gasteiger partial charge in [-0.1, -0.05) is 206 Å². The molecular weight excluding hydrogens is 1220 g/mol. The molecule has 0 aliphatic carbocycles. The molecule has 5 aromatic heterocycles. The van der Waals surface area contributed by atoms with Crippen LogP contribution in [0.5, 0.6) is 0 Å². The zero-order valence-electron chi connectivity index (χ0n) is 50.7. The zero-order chi connectivity index (χ0) is 61.8. The lowest BCUT2D eigenvalue weighted by molar-refractivity contribution is 1.10. The van der Waals surface area contributed by atoms with Gasteiger partial charge in [-0.2, -0.15) is 0 Å². The molecule has 18 aromatic rings. The average molecular weight is 1270 g/mol. The first kappa shape index (κ1) is 54.7. The summed E-state index contributed by atoms with van der Waals surface area (Å²) in [7, 11) is 0. The topological polar surface area (TPSA) is 22.6 Å². The third-order valence-electron chi connectivity index (χ3n) is 18.8. The normalized spacial score (nSPS) is 12.5. The molecule has 0 radical (unpaired) electrons. The predicted octanol–water partition coefficient (Wildman–Crippen LogP) is 26.1. The quantitative estimate of drug-likeness (QED) is 0.129. The second-order valence-electron chi connectivity index (χ2n) is 24.1. The molecule has 13 aromatic carbocycles. The van der Waals surface area contributed by atoms with Crippen LogP contribution in [0.4, 0.5) is 45.5 Å². The smallest absolute Gasteiger partial charge is 0.0888 e. The minimum absolute atomic E-state index is 0.727. The van der Waals surface area contributed by atoms with Crippen molar-refractivity contribution >= 4 is 178 Å².